The predicted octanol–water partition coefficient (Wildman–Crippen LogP) is 5.78. The smallest absolute Gasteiger partial charge is 0.244 e. The molecular weight excluding hydrogens is 557 g/mol. The molecule has 10 heteroatoms. The lowest BCUT2D eigenvalue weighted by Gasteiger charge is -2.33. The van der Waals surface area contributed by atoms with E-state index in [1.54, 1.807) is 37.3 Å². The molecule has 1 saturated carbocycles. The number of nitrogens with zero attached hydrogens (tertiary/aromatic N) is 2. The van der Waals surface area contributed by atoms with Crippen molar-refractivity contribution in [1.82, 2.24) is 10.2 Å². The van der Waals surface area contributed by atoms with E-state index in [-0.39, 0.29) is 18.5 Å². The summed E-state index contributed by atoms with van der Waals surface area (Å²) in [6.45, 7) is 1.26. The molecule has 1 atom stereocenters. The third-order valence-corrected chi connectivity index (χ3v) is 9.04. The van der Waals surface area contributed by atoms with Gasteiger partial charge in [0.2, 0.25) is 21.8 Å². The topological polar surface area (TPSA) is 86.8 Å². The van der Waals surface area contributed by atoms with Crippen molar-refractivity contribution in [1.29, 1.82) is 0 Å². The molecule has 1 N–H and O–H groups in total. The maximum absolute atomic E-state index is 13.9. The minimum Gasteiger partial charge on any atom is -0.352 e. The van der Waals surface area contributed by atoms with E-state index < -0.39 is 28.5 Å². The number of rotatable bonds is 9. The van der Waals surface area contributed by atoms with Gasteiger partial charge in [0.15, 0.2) is 0 Å². The lowest BCUT2D eigenvalue weighted by molar-refractivity contribution is -0.139. The second-order valence-electron chi connectivity index (χ2n) is 10.1. The molecule has 4 rings (SSSR count). The van der Waals surface area contributed by atoms with Crippen molar-refractivity contribution in [3.8, 4) is 0 Å². The first-order chi connectivity index (χ1) is 18.5. The van der Waals surface area contributed by atoms with Crippen LogP contribution < -0.4 is 9.62 Å². The number of anilines is 1. The fourth-order valence-corrected chi connectivity index (χ4v) is 6.19. The summed E-state index contributed by atoms with van der Waals surface area (Å²) in [5.41, 5.74) is 1.07. The van der Waals surface area contributed by atoms with Gasteiger partial charge in [0, 0.05) is 18.0 Å². The summed E-state index contributed by atoms with van der Waals surface area (Å²) in [6.07, 6.45) is 6.15. The van der Waals surface area contributed by atoms with Gasteiger partial charge in [0.25, 0.3) is 0 Å². The Kier molecular flexibility index (Phi) is 9.41. The Morgan fingerprint density at radius 3 is 2.36 bits per heavy atom. The zero-order valence-electron chi connectivity index (χ0n) is 22.1. The van der Waals surface area contributed by atoms with Crippen molar-refractivity contribution >= 4 is 61.5 Å². The fraction of sp³-hybridized carbons (Fsp3) is 0.379. The minimum absolute atomic E-state index is 0.0577. The monoisotopic (exact) mass is 589 g/mol. The van der Waals surface area contributed by atoms with Gasteiger partial charge in [0.05, 0.1) is 22.0 Å². The molecule has 1 unspecified atom stereocenters. The molecule has 3 aromatic carbocycles. The van der Waals surface area contributed by atoms with Gasteiger partial charge in [-0.15, -0.1) is 0 Å². The quantitative estimate of drug-likeness (QED) is 0.343. The number of sulfonamides is 1. The van der Waals surface area contributed by atoms with E-state index in [2.05, 4.69) is 5.32 Å². The molecule has 0 aromatic heterocycles. The Morgan fingerprint density at radius 1 is 0.974 bits per heavy atom. The number of carbonyl (C=O) groups excluding carboxylic acids is 2. The lowest BCUT2D eigenvalue weighted by atomic mass is 9.95. The molecule has 3 aromatic rings. The second-order valence-corrected chi connectivity index (χ2v) is 12.8. The van der Waals surface area contributed by atoms with Gasteiger partial charge in [-0.25, -0.2) is 8.42 Å². The SMILES string of the molecule is CC(C(=O)NC1CCCCC1)N(Cc1ccc(Cl)c(Cl)c1)C(=O)CN(c1cccc2ccccc12)S(C)(=O)=O. The molecule has 208 valence electrons. The highest BCUT2D eigenvalue weighted by atomic mass is 35.5. The molecule has 7 nitrogen and oxygen atoms in total. The van der Waals surface area contributed by atoms with Crippen molar-refractivity contribution in [2.75, 3.05) is 17.1 Å². The van der Waals surface area contributed by atoms with E-state index in [1.165, 1.54) is 4.90 Å². The summed E-state index contributed by atoms with van der Waals surface area (Å²) in [7, 11) is -3.85. The molecule has 2 amide bonds. The number of fused-ring (bicyclic) bond motifs is 1. The molecule has 39 heavy (non-hydrogen) atoms. The normalized spacial score (nSPS) is 15.1. The Bertz CT molecular complexity index is 1450. The summed E-state index contributed by atoms with van der Waals surface area (Å²) in [5.74, 6) is -0.780. The van der Waals surface area contributed by atoms with E-state index >= 15 is 0 Å². The van der Waals surface area contributed by atoms with Gasteiger partial charge in [0.1, 0.15) is 12.6 Å². The van der Waals surface area contributed by atoms with Crippen LogP contribution in [0.25, 0.3) is 10.8 Å². The molecule has 0 spiro atoms. The zero-order chi connectivity index (χ0) is 28.2. The third-order valence-electron chi connectivity index (χ3n) is 7.17. The second kappa shape index (κ2) is 12.6. The number of hydrogen-bond acceptors (Lipinski definition) is 4. The first kappa shape index (κ1) is 29.2. The minimum atomic E-state index is -3.85. The largest absolute Gasteiger partial charge is 0.352 e. The summed E-state index contributed by atoms with van der Waals surface area (Å²) in [4.78, 5) is 28.6. The Hall–Kier alpha value is -2.81. The number of carbonyl (C=O) groups is 2. The van der Waals surface area contributed by atoms with Crippen molar-refractivity contribution in [2.24, 2.45) is 0 Å². The Balaban J connectivity index is 1.66. The third kappa shape index (κ3) is 7.24. The van der Waals surface area contributed by atoms with Crippen LogP contribution in [0.3, 0.4) is 0 Å². The predicted molar refractivity (Wildman–Crippen MR) is 158 cm³/mol. The average Bonchev–Trinajstić information content (AvgIpc) is 2.91. The summed E-state index contributed by atoms with van der Waals surface area (Å²) in [6, 6.07) is 17.0. The van der Waals surface area contributed by atoms with Crippen molar-refractivity contribution in [3.05, 3.63) is 76.3 Å². The van der Waals surface area contributed by atoms with Crippen LogP contribution in [-0.4, -0.2) is 50.0 Å². The number of hydrogen-bond donors (Lipinski definition) is 1. The van der Waals surface area contributed by atoms with Crippen LogP contribution in [-0.2, 0) is 26.2 Å². The molecule has 0 aliphatic heterocycles. The highest BCUT2D eigenvalue weighted by Crippen LogP contribution is 2.29. The molecular formula is C29H33Cl2N3O4S. The standard InChI is InChI=1S/C29H33Cl2N3O4S/c1-20(29(36)32-23-11-4-3-5-12-23)33(18-21-15-16-25(30)26(31)17-21)28(35)19-34(39(2,37)38)27-14-8-10-22-9-6-7-13-24(22)27/h6-10,13-17,20,23H,3-5,11-12,18-19H2,1-2H3,(H,32,36). The molecule has 0 bridgehead atoms. The van der Waals surface area contributed by atoms with E-state index in [4.69, 9.17) is 23.2 Å². The van der Waals surface area contributed by atoms with E-state index in [0.29, 0.717) is 26.7 Å². The van der Waals surface area contributed by atoms with Crippen molar-refractivity contribution in [3.63, 3.8) is 0 Å². The highest BCUT2D eigenvalue weighted by molar-refractivity contribution is 7.92. The highest BCUT2D eigenvalue weighted by Gasteiger charge is 2.31. The first-order valence-electron chi connectivity index (χ1n) is 13.0. The Labute approximate surface area is 240 Å². The number of halogens is 2. The van der Waals surface area contributed by atoms with Crippen LogP contribution in [0.2, 0.25) is 10.0 Å². The van der Waals surface area contributed by atoms with Crippen LogP contribution in [0, 0.1) is 0 Å². The van der Waals surface area contributed by atoms with Crippen LogP contribution in [0.4, 0.5) is 5.69 Å². The maximum Gasteiger partial charge on any atom is 0.244 e. The maximum atomic E-state index is 13.9. The Morgan fingerprint density at radius 2 is 1.67 bits per heavy atom. The van der Waals surface area contributed by atoms with Gasteiger partial charge >= 0.3 is 0 Å². The summed E-state index contributed by atoms with van der Waals surface area (Å²) >= 11 is 12.3. The average molecular weight is 591 g/mol. The van der Waals surface area contributed by atoms with Crippen LogP contribution >= 0.6 is 23.2 Å². The van der Waals surface area contributed by atoms with Gasteiger partial charge in [-0.2, -0.15) is 0 Å². The summed E-state index contributed by atoms with van der Waals surface area (Å²) < 4.78 is 27.1. The van der Waals surface area contributed by atoms with E-state index in [0.717, 1.165) is 48.1 Å². The van der Waals surface area contributed by atoms with Crippen LogP contribution in [0.15, 0.2) is 60.7 Å². The molecule has 0 radical (unpaired) electrons. The van der Waals surface area contributed by atoms with Gasteiger partial charge in [-0.3, -0.25) is 13.9 Å². The van der Waals surface area contributed by atoms with E-state index in [9.17, 15) is 18.0 Å². The lowest BCUT2D eigenvalue weighted by Crippen LogP contribution is -2.53. The zero-order valence-corrected chi connectivity index (χ0v) is 24.4. The van der Waals surface area contributed by atoms with Crippen LogP contribution in [0.5, 0.6) is 0 Å². The molecule has 1 aliphatic carbocycles. The van der Waals surface area contributed by atoms with Gasteiger partial charge in [-0.05, 0) is 48.9 Å². The first-order valence-corrected chi connectivity index (χ1v) is 15.6. The molecule has 1 aliphatic rings. The van der Waals surface area contributed by atoms with E-state index in [1.807, 2.05) is 30.3 Å². The van der Waals surface area contributed by atoms with Gasteiger partial charge in [-0.1, -0.05) is 84.9 Å². The van der Waals surface area contributed by atoms with Crippen molar-refractivity contribution < 1.29 is 18.0 Å². The molecule has 0 heterocycles. The fourth-order valence-electron chi connectivity index (χ4n) is 5.01. The van der Waals surface area contributed by atoms with Gasteiger partial charge < -0.3 is 10.2 Å². The summed E-state index contributed by atoms with van der Waals surface area (Å²) in [5, 5.41) is 5.35. The molecule has 0 saturated heterocycles. The number of benzene rings is 3. The van der Waals surface area contributed by atoms with Crippen molar-refractivity contribution in [2.45, 2.75) is 57.7 Å². The van der Waals surface area contributed by atoms with Crippen LogP contribution in [0.1, 0.15) is 44.6 Å². The number of amides is 2. The molecule has 1 fully saturated rings. The number of nitrogens with one attached hydrogen (secondary N) is 1.